The average molecular weight is 272 g/mol. The molecule has 19 heavy (non-hydrogen) atoms. The van der Waals surface area contributed by atoms with Crippen LogP contribution in [0.4, 0.5) is 13.2 Å². The molecule has 1 unspecified atom stereocenters. The lowest BCUT2D eigenvalue weighted by molar-refractivity contribution is -0.135. The Kier molecular flexibility index (Phi) is 4.04. The Hall–Kier alpha value is -1.63. The number of halogens is 3. The zero-order valence-corrected chi connectivity index (χ0v) is 10.5. The average Bonchev–Trinajstić information content (AvgIpc) is 2.77. The summed E-state index contributed by atoms with van der Waals surface area (Å²) in [7, 11) is 1.73. The van der Waals surface area contributed by atoms with Crippen molar-refractivity contribution in [3.8, 4) is 0 Å². The normalized spacial score (nSPS) is 13.9. The van der Waals surface area contributed by atoms with Gasteiger partial charge in [0.1, 0.15) is 0 Å². The summed E-state index contributed by atoms with van der Waals surface area (Å²) >= 11 is 0. The third-order valence-electron chi connectivity index (χ3n) is 3.03. The number of hydrogen-bond donors (Lipinski definition) is 1. The molecule has 0 saturated heterocycles. The highest BCUT2D eigenvalue weighted by Gasteiger charge is 2.27. The Morgan fingerprint density at radius 3 is 2.84 bits per heavy atom. The maximum Gasteiger partial charge on any atom is 0.389 e. The molecule has 0 aliphatic rings. The van der Waals surface area contributed by atoms with Crippen molar-refractivity contribution in [1.82, 2.24) is 19.9 Å². The van der Waals surface area contributed by atoms with E-state index in [2.05, 4.69) is 15.4 Å². The van der Waals surface area contributed by atoms with Crippen LogP contribution in [0.15, 0.2) is 24.8 Å². The van der Waals surface area contributed by atoms with Crippen LogP contribution in [-0.2, 0) is 0 Å². The molecule has 0 radical (unpaired) electrons. The zero-order valence-electron chi connectivity index (χ0n) is 10.5. The van der Waals surface area contributed by atoms with Gasteiger partial charge in [0.25, 0.3) is 0 Å². The second-order valence-electron chi connectivity index (χ2n) is 4.35. The number of alkyl halides is 3. The molecule has 0 aliphatic heterocycles. The van der Waals surface area contributed by atoms with E-state index in [4.69, 9.17) is 0 Å². The molecule has 0 amide bonds. The fraction of sp³-hybridized carbons (Fsp3) is 0.500. The van der Waals surface area contributed by atoms with Gasteiger partial charge in [-0.25, -0.2) is 4.52 Å². The van der Waals surface area contributed by atoms with Crippen LogP contribution in [-0.4, -0.2) is 27.8 Å². The summed E-state index contributed by atoms with van der Waals surface area (Å²) in [6.07, 6.45) is 2.30. The van der Waals surface area contributed by atoms with Gasteiger partial charge in [0.2, 0.25) is 0 Å². The lowest BCUT2D eigenvalue weighted by Gasteiger charge is -2.15. The predicted octanol–water partition coefficient (Wildman–Crippen LogP) is 2.72. The summed E-state index contributed by atoms with van der Waals surface area (Å²) < 4.78 is 38.1. The third-order valence-corrected chi connectivity index (χ3v) is 3.03. The van der Waals surface area contributed by atoms with Gasteiger partial charge in [-0.3, -0.25) is 4.98 Å². The molecule has 1 N–H and O–H groups in total. The first kappa shape index (κ1) is 13.8. The van der Waals surface area contributed by atoms with Crippen molar-refractivity contribution in [2.75, 3.05) is 7.05 Å². The van der Waals surface area contributed by atoms with Crippen LogP contribution in [0.5, 0.6) is 0 Å². The summed E-state index contributed by atoms with van der Waals surface area (Å²) in [4.78, 5) is 4.01. The van der Waals surface area contributed by atoms with Crippen LogP contribution in [0.25, 0.3) is 5.52 Å². The summed E-state index contributed by atoms with van der Waals surface area (Å²) in [5, 5.41) is 7.19. The lowest BCUT2D eigenvalue weighted by atomic mass is 10.0. The third kappa shape index (κ3) is 3.44. The monoisotopic (exact) mass is 272 g/mol. The molecule has 0 aromatic carbocycles. The Morgan fingerprint density at radius 2 is 2.16 bits per heavy atom. The molecule has 2 heterocycles. The van der Waals surface area contributed by atoms with E-state index in [9.17, 15) is 13.2 Å². The number of hydrogen-bond acceptors (Lipinski definition) is 3. The molecular formula is C12H15F3N4. The molecule has 2 aromatic heterocycles. The number of nitrogens with one attached hydrogen (secondary N) is 1. The molecule has 2 aromatic rings. The van der Waals surface area contributed by atoms with E-state index in [0.29, 0.717) is 6.42 Å². The molecule has 1 atom stereocenters. The van der Waals surface area contributed by atoms with Gasteiger partial charge in [0.15, 0.2) is 0 Å². The minimum atomic E-state index is -4.10. The molecule has 0 saturated carbocycles. The van der Waals surface area contributed by atoms with E-state index in [-0.39, 0.29) is 12.5 Å². The van der Waals surface area contributed by atoms with Crippen LogP contribution in [0.1, 0.15) is 30.9 Å². The highest BCUT2D eigenvalue weighted by Crippen LogP contribution is 2.27. The number of rotatable bonds is 5. The zero-order chi connectivity index (χ0) is 13.9. The fourth-order valence-electron chi connectivity index (χ4n) is 2.08. The first-order valence-electron chi connectivity index (χ1n) is 6.02. The van der Waals surface area contributed by atoms with Crippen LogP contribution < -0.4 is 5.32 Å². The molecular weight excluding hydrogens is 257 g/mol. The van der Waals surface area contributed by atoms with E-state index in [1.165, 1.54) is 0 Å². The molecule has 0 bridgehead atoms. The van der Waals surface area contributed by atoms with Crippen LogP contribution in [0, 0.1) is 0 Å². The maximum atomic E-state index is 12.2. The lowest BCUT2D eigenvalue weighted by Crippen LogP contribution is -2.17. The largest absolute Gasteiger partial charge is 0.389 e. The highest BCUT2D eigenvalue weighted by molar-refractivity contribution is 5.53. The Labute approximate surface area is 108 Å². The van der Waals surface area contributed by atoms with E-state index in [1.807, 2.05) is 0 Å². The van der Waals surface area contributed by atoms with Gasteiger partial charge < -0.3 is 5.32 Å². The number of aromatic nitrogens is 3. The molecule has 4 nitrogen and oxygen atoms in total. The topological polar surface area (TPSA) is 42.2 Å². The molecule has 0 fully saturated rings. The van der Waals surface area contributed by atoms with E-state index in [0.717, 1.165) is 11.1 Å². The SMILES string of the molecule is CNC(CCCC(F)(F)F)c1cnn2ccncc12. The van der Waals surface area contributed by atoms with E-state index >= 15 is 0 Å². The van der Waals surface area contributed by atoms with Crippen molar-refractivity contribution in [3.05, 3.63) is 30.4 Å². The number of fused-ring (bicyclic) bond motifs is 1. The van der Waals surface area contributed by atoms with E-state index in [1.54, 1.807) is 36.4 Å². The Bertz CT molecular complexity index is 535. The van der Waals surface area contributed by atoms with Crippen molar-refractivity contribution < 1.29 is 13.2 Å². The van der Waals surface area contributed by atoms with Gasteiger partial charge >= 0.3 is 6.18 Å². The van der Waals surface area contributed by atoms with Crippen molar-refractivity contribution in [3.63, 3.8) is 0 Å². The van der Waals surface area contributed by atoms with Crippen molar-refractivity contribution in [2.45, 2.75) is 31.5 Å². The predicted molar refractivity (Wildman–Crippen MR) is 64.7 cm³/mol. The first-order chi connectivity index (χ1) is 9.01. The van der Waals surface area contributed by atoms with Gasteiger partial charge in [-0.05, 0) is 19.9 Å². The van der Waals surface area contributed by atoms with Crippen molar-refractivity contribution in [1.29, 1.82) is 0 Å². The summed E-state index contributed by atoms with van der Waals surface area (Å²) in [6.45, 7) is 0. The van der Waals surface area contributed by atoms with Gasteiger partial charge in [-0.2, -0.15) is 18.3 Å². The van der Waals surface area contributed by atoms with Crippen molar-refractivity contribution >= 4 is 5.52 Å². The van der Waals surface area contributed by atoms with Gasteiger partial charge in [-0.1, -0.05) is 0 Å². The Morgan fingerprint density at radius 1 is 1.37 bits per heavy atom. The molecule has 2 rings (SSSR count). The minimum absolute atomic E-state index is 0.0899. The molecule has 0 aliphatic carbocycles. The number of nitrogens with zero attached hydrogens (tertiary/aromatic N) is 3. The highest BCUT2D eigenvalue weighted by atomic mass is 19.4. The summed E-state index contributed by atoms with van der Waals surface area (Å²) in [6, 6.07) is -0.149. The smallest absolute Gasteiger partial charge is 0.313 e. The fourth-order valence-corrected chi connectivity index (χ4v) is 2.08. The second kappa shape index (κ2) is 5.56. The quantitative estimate of drug-likeness (QED) is 0.910. The summed E-state index contributed by atoms with van der Waals surface area (Å²) in [5.41, 5.74) is 1.69. The second-order valence-corrected chi connectivity index (χ2v) is 4.35. The standard InChI is InChI=1S/C12H15F3N4/c1-16-10(3-2-4-12(13,14)15)9-7-18-19-6-5-17-8-11(9)19/h5-8,10,16H,2-4H2,1H3. The van der Waals surface area contributed by atoms with Gasteiger partial charge in [0, 0.05) is 30.4 Å². The van der Waals surface area contributed by atoms with Crippen LogP contribution in [0.3, 0.4) is 0 Å². The summed E-state index contributed by atoms with van der Waals surface area (Å²) in [5.74, 6) is 0. The van der Waals surface area contributed by atoms with Gasteiger partial charge in [0.05, 0.1) is 17.9 Å². The van der Waals surface area contributed by atoms with Gasteiger partial charge in [-0.15, -0.1) is 0 Å². The molecule has 7 heteroatoms. The van der Waals surface area contributed by atoms with Crippen LogP contribution >= 0.6 is 0 Å². The maximum absolute atomic E-state index is 12.2. The van der Waals surface area contributed by atoms with Crippen molar-refractivity contribution in [2.24, 2.45) is 0 Å². The van der Waals surface area contributed by atoms with E-state index < -0.39 is 12.6 Å². The van der Waals surface area contributed by atoms with Crippen LogP contribution in [0.2, 0.25) is 0 Å². The molecule has 0 spiro atoms. The Balaban J connectivity index is 2.09. The minimum Gasteiger partial charge on any atom is -0.313 e. The molecule has 104 valence electrons. The first-order valence-corrected chi connectivity index (χ1v) is 6.02.